The number of pyridine rings is 1. The molecule has 0 amide bonds. The summed E-state index contributed by atoms with van der Waals surface area (Å²) in [5.41, 5.74) is 7.83. The molecule has 0 aliphatic heterocycles. The molecule has 1 unspecified atom stereocenters. The van der Waals surface area contributed by atoms with E-state index in [4.69, 9.17) is 5.73 Å². The van der Waals surface area contributed by atoms with Gasteiger partial charge < -0.3 is 11.1 Å². The maximum absolute atomic E-state index is 5.99. The van der Waals surface area contributed by atoms with Crippen LogP contribution in [0.2, 0.25) is 0 Å². The number of anilines is 2. The number of aryl methyl sites for hydroxylation is 1. The summed E-state index contributed by atoms with van der Waals surface area (Å²) in [6, 6.07) is 2.34. The Morgan fingerprint density at radius 3 is 2.56 bits per heavy atom. The monoisotopic (exact) mass is 221 g/mol. The van der Waals surface area contributed by atoms with Crippen LogP contribution in [0.25, 0.3) is 0 Å². The fourth-order valence-electron chi connectivity index (χ4n) is 2.01. The average molecular weight is 221 g/mol. The molecule has 0 aliphatic rings. The van der Waals surface area contributed by atoms with Crippen LogP contribution in [0.3, 0.4) is 0 Å². The highest BCUT2D eigenvalue weighted by molar-refractivity contribution is 5.65. The molecule has 0 saturated heterocycles. The van der Waals surface area contributed by atoms with Crippen LogP contribution in [-0.2, 0) is 0 Å². The minimum atomic E-state index is 0.409. The van der Waals surface area contributed by atoms with Gasteiger partial charge in [0.2, 0.25) is 0 Å². The van der Waals surface area contributed by atoms with Crippen molar-refractivity contribution in [3.05, 3.63) is 17.8 Å². The summed E-state index contributed by atoms with van der Waals surface area (Å²) < 4.78 is 0. The van der Waals surface area contributed by atoms with Gasteiger partial charge in [0.25, 0.3) is 0 Å². The Kier molecular flexibility index (Phi) is 4.59. The lowest BCUT2D eigenvalue weighted by Gasteiger charge is -2.23. The summed E-state index contributed by atoms with van der Waals surface area (Å²) in [7, 11) is 0. The Bertz CT molecular complexity index is 332. The number of aromatic nitrogens is 1. The van der Waals surface area contributed by atoms with Gasteiger partial charge in [-0.25, -0.2) is 4.98 Å². The summed E-state index contributed by atoms with van der Waals surface area (Å²) in [5, 5.41) is 3.42. The maximum Gasteiger partial charge on any atom is 0.149 e. The minimum absolute atomic E-state index is 0.409. The molecule has 16 heavy (non-hydrogen) atoms. The van der Waals surface area contributed by atoms with E-state index in [2.05, 4.69) is 31.1 Å². The fourth-order valence-corrected chi connectivity index (χ4v) is 2.01. The van der Waals surface area contributed by atoms with Crippen molar-refractivity contribution in [1.82, 2.24) is 4.98 Å². The van der Waals surface area contributed by atoms with Crippen molar-refractivity contribution in [1.29, 1.82) is 0 Å². The Hall–Kier alpha value is -1.25. The second kappa shape index (κ2) is 5.73. The van der Waals surface area contributed by atoms with E-state index in [0.717, 1.165) is 17.1 Å². The highest BCUT2D eigenvalue weighted by atomic mass is 15.0. The van der Waals surface area contributed by atoms with Crippen LogP contribution in [0.1, 0.15) is 39.2 Å². The molecule has 90 valence electrons. The zero-order valence-electron chi connectivity index (χ0n) is 10.7. The first kappa shape index (κ1) is 12.8. The van der Waals surface area contributed by atoms with Gasteiger partial charge in [0.1, 0.15) is 5.82 Å². The molecule has 3 N–H and O–H groups in total. The van der Waals surface area contributed by atoms with E-state index >= 15 is 0 Å². The second-order valence-corrected chi connectivity index (χ2v) is 4.40. The zero-order valence-corrected chi connectivity index (χ0v) is 10.7. The van der Waals surface area contributed by atoms with Gasteiger partial charge in [0.05, 0.1) is 5.69 Å². The second-order valence-electron chi connectivity index (χ2n) is 4.40. The molecule has 1 heterocycles. The van der Waals surface area contributed by atoms with Crippen LogP contribution in [0.5, 0.6) is 0 Å². The van der Waals surface area contributed by atoms with Crippen LogP contribution in [-0.4, -0.2) is 11.0 Å². The molecule has 0 aliphatic carbocycles. The molecule has 0 bridgehead atoms. The standard InChI is InChI=1S/C13H23N3/c1-5-11(6-2)10(4)16-13-12(14)9(3)7-8-15-13/h7-8,10-11H,5-6,14H2,1-4H3,(H,15,16). The summed E-state index contributed by atoms with van der Waals surface area (Å²) in [4.78, 5) is 4.29. The molecule has 1 aromatic heterocycles. The van der Waals surface area contributed by atoms with E-state index in [1.807, 2.05) is 13.0 Å². The van der Waals surface area contributed by atoms with Crippen molar-refractivity contribution < 1.29 is 0 Å². The summed E-state index contributed by atoms with van der Waals surface area (Å²) >= 11 is 0. The number of hydrogen-bond donors (Lipinski definition) is 2. The molecule has 3 heteroatoms. The number of nitrogens with zero attached hydrogens (tertiary/aromatic N) is 1. The molecule has 3 nitrogen and oxygen atoms in total. The van der Waals surface area contributed by atoms with Crippen molar-refractivity contribution >= 4 is 11.5 Å². The normalized spacial score (nSPS) is 12.8. The molecular weight excluding hydrogens is 198 g/mol. The minimum Gasteiger partial charge on any atom is -0.396 e. The first-order chi connectivity index (χ1) is 7.60. The molecule has 1 atom stereocenters. The third kappa shape index (κ3) is 2.87. The smallest absolute Gasteiger partial charge is 0.149 e. The largest absolute Gasteiger partial charge is 0.396 e. The lowest BCUT2D eigenvalue weighted by molar-refractivity contribution is 0.437. The third-order valence-corrected chi connectivity index (χ3v) is 3.33. The van der Waals surface area contributed by atoms with Crippen LogP contribution < -0.4 is 11.1 Å². The number of nitrogen functional groups attached to an aromatic ring is 1. The quantitative estimate of drug-likeness (QED) is 0.802. The van der Waals surface area contributed by atoms with Gasteiger partial charge in [-0.15, -0.1) is 0 Å². The first-order valence-electron chi connectivity index (χ1n) is 6.07. The Labute approximate surface area is 98.5 Å². The number of hydrogen-bond acceptors (Lipinski definition) is 3. The van der Waals surface area contributed by atoms with Crippen LogP contribution in [0.15, 0.2) is 12.3 Å². The van der Waals surface area contributed by atoms with Crippen LogP contribution in [0, 0.1) is 12.8 Å². The van der Waals surface area contributed by atoms with Crippen molar-refractivity contribution in [3.63, 3.8) is 0 Å². The number of nitrogens with two attached hydrogens (primary N) is 1. The highest BCUT2D eigenvalue weighted by Crippen LogP contribution is 2.22. The van der Waals surface area contributed by atoms with Gasteiger partial charge in [-0.1, -0.05) is 26.7 Å². The van der Waals surface area contributed by atoms with E-state index in [1.54, 1.807) is 6.20 Å². The van der Waals surface area contributed by atoms with Crippen molar-refractivity contribution in [2.45, 2.75) is 46.6 Å². The summed E-state index contributed by atoms with van der Waals surface area (Å²) in [6.07, 6.45) is 4.15. The summed E-state index contributed by atoms with van der Waals surface area (Å²) in [5.74, 6) is 1.49. The molecule has 0 saturated carbocycles. The first-order valence-corrected chi connectivity index (χ1v) is 6.07. The molecule has 1 aromatic rings. The van der Waals surface area contributed by atoms with Crippen LogP contribution >= 0.6 is 0 Å². The van der Waals surface area contributed by atoms with E-state index in [0.29, 0.717) is 12.0 Å². The van der Waals surface area contributed by atoms with Crippen molar-refractivity contribution in [3.8, 4) is 0 Å². The van der Waals surface area contributed by atoms with E-state index < -0.39 is 0 Å². The Morgan fingerprint density at radius 2 is 2.00 bits per heavy atom. The molecular formula is C13H23N3. The average Bonchev–Trinajstić information content (AvgIpc) is 2.26. The van der Waals surface area contributed by atoms with Gasteiger partial charge >= 0.3 is 0 Å². The van der Waals surface area contributed by atoms with Gasteiger partial charge in [-0.3, -0.25) is 0 Å². The third-order valence-electron chi connectivity index (χ3n) is 3.33. The van der Waals surface area contributed by atoms with Gasteiger partial charge in [-0.05, 0) is 31.4 Å². The Balaban J connectivity index is 2.76. The SMILES string of the molecule is CCC(CC)C(C)Nc1nccc(C)c1N. The molecule has 0 aromatic carbocycles. The summed E-state index contributed by atoms with van der Waals surface area (Å²) in [6.45, 7) is 8.64. The van der Waals surface area contributed by atoms with E-state index in [9.17, 15) is 0 Å². The molecule has 0 fully saturated rings. The Morgan fingerprint density at radius 1 is 1.38 bits per heavy atom. The van der Waals surface area contributed by atoms with Gasteiger partial charge in [-0.2, -0.15) is 0 Å². The van der Waals surface area contributed by atoms with Crippen molar-refractivity contribution in [2.75, 3.05) is 11.1 Å². The number of nitrogens with one attached hydrogen (secondary N) is 1. The van der Waals surface area contributed by atoms with E-state index in [-0.39, 0.29) is 0 Å². The maximum atomic E-state index is 5.99. The van der Waals surface area contributed by atoms with E-state index in [1.165, 1.54) is 12.8 Å². The highest BCUT2D eigenvalue weighted by Gasteiger charge is 2.14. The van der Waals surface area contributed by atoms with Crippen LogP contribution in [0.4, 0.5) is 11.5 Å². The molecule has 0 radical (unpaired) electrons. The topological polar surface area (TPSA) is 50.9 Å². The fraction of sp³-hybridized carbons (Fsp3) is 0.615. The predicted octanol–water partition coefficient (Wildman–Crippen LogP) is 3.21. The molecule has 1 rings (SSSR count). The van der Waals surface area contributed by atoms with Gasteiger partial charge in [0.15, 0.2) is 0 Å². The zero-order chi connectivity index (χ0) is 12.1. The van der Waals surface area contributed by atoms with Crippen molar-refractivity contribution in [2.24, 2.45) is 5.92 Å². The molecule has 0 spiro atoms. The van der Waals surface area contributed by atoms with Gasteiger partial charge in [0, 0.05) is 12.2 Å². The lowest BCUT2D eigenvalue weighted by atomic mass is 9.95. The number of rotatable bonds is 5. The predicted molar refractivity (Wildman–Crippen MR) is 70.5 cm³/mol. The lowest BCUT2D eigenvalue weighted by Crippen LogP contribution is -2.26.